The van der Waals surface area contributed by atoms with Crippen molar-refractivity contribution in [2.45, 2.75) is 25.8 Å². The second-order valence-electron chi connectivity index (χ2n) is 8.42. The number of carbonyl (C=O) groups is 1. The maximum absolute atomic E-state index is 13.2. The molecule has 178 valence electrons. The van der Waals surface area contributed by atoms with E-state index in [1.807, 2.05) is 84.6 Å². The molecule has 0 saturated heterocycles. The van der Waals surface area contributed by atoms with E-state index in [-0.39, 0.29) is 12.5 Å². The molecule has 0 spiro atoms. The minimum Gasteiger partial charge on any atom is -0.490 e. The molecule has 1 aliphatic heterocycles. The maximum Gasteiger partial charge on any atom is 0.260 e. The molecule has 2 heterocycles. The van der Waals surface area contributed by atoms with Crippen molar-refractivity contribution in [1.82, 2.24) is 9.88 Å². The number of carbonyl (C=O) groups excluding carboxylic acids is 1. The number of fused-ring (bicyclic) bond motifs is 2. The topological polar surface area (TPSA) is 64.1 Å². The fraction of sp³-hybridized carbons (Fsp3) is 0.333. The Morgan fingerprint density at radius 2 is 1.88 bits per heavy atom. The van der Waals surface area contributed by atoms with Gasteiger partial charge in [-0.25, -0.2) is 4.98 Å². The van der Waals surface area contributed by atoms with Crippen molar-refractivity contribution in [3.63, 3.8) is 0 Å². The zero-order valence-corrected chi connectivity index (χ0v) is 19.8. The fourth-order valence-electron chi connectivity index (χ4n) is 3.74. The van der Waals surface area contributed by atoms with Crippen LogP contribution in [0, 0.1) is 0 Å². The quantitative estimate of drug-likeness (QED) is 0.550. The summed E-state index contributed by atoms with van der Waals surface area (Å²) in [6.07, 6.45) is 4.42. The molecule has 0 N–H and O–H groups in total. The van der Waals surface area contributed by atoms with Crippen molar-refractivity contribution in [2.75, 3.05) is 38.8 Å². The van der Waals surface area contributed by atoms with Crippen LogP contribution in [0.5, 0.6) is 23.1 Å². The Bertz CT molecular complexity index is 1100. The summed E-state index contributed by atoms with van der Waals surface area (Å²) in [5, 5.41) is 0. The Morgan fingerprint density at radius 3 is 2.74 bits per heavy atom. The lowest BCUT2D eigenvalue weighted by Crippen LogP contribution is -2.35. The lowest BCUT2D eigenvalue weighted by atomic mass is 10.2. The van der Waals surface area contributed by atoms with E-state index >= 15 is 0 Å². The molecule has 1 amide bonds. The van der Waals surface area contributed by atoms with Crippen molar-refractivity contribution in [3.05, 3.63) is 72.4 Å². The Labute approximate surface area is 200 Å². The van der Waals surface area contributed by atoms with Gasteiger partial charge in [0.05, 0.1) is 13.2 Å². The van der Waals surface area contributed by atoms with Crippen molar-refractivity contribution < 1.29 is 19.0 Å². The second kappa shape index (κ2) is 11.4. The first-order valence-electron chi connectivity index (χ1n) is 11.6. The number of nitrogens with zero attached hydrogens (tertiary/aromatic N) is 3. The van der Waals surface area contributed by atoms with E-state index in [0.717, 1.165) is 30.5 Å². The molecule has 0 saturated carbocycles. The third kappa shape index (κ3) is 6.19. The Balaban J connectivity index is 1.51. The smallest absolute Gasteiger partial charge is 0.260 e. The summed E-state index contributed by atoms with van der Waals surface area (Å²) in [5.41, 5.74) is 1.85. The standard InChI is InChI=1S/C27H31N3O4/c1-29(2)22-11-8-12-23(18-22)33-20-26(31)30-16-6-3-7-17-32-24-13-4-5-14-25(24)34-27-21(19-30)10-9-15-28-27/h4-5,8-15,18H,3,6-7,16-17,19-20H2,1-2H3. The molecule has 0 radical (unpaired) electrons. The highest BCUT2D eigenvalue weighted by atomic mass is 16.5. The van der Waals surface area contributed by atoms with Gasteiger partial charge >= 0.3 is 0 Å². The van der Waals surface area contributed by atoms with Gasteiger partial charge in [-0.05, 0) is 49.6 Å². The molecule has 7 heteroatoms. The third-order valence-electron chi connectivity index (χ3n) is 5.65. The van der Waals surface area contributed by atoms with Gasteiger partial charge in [-0.3, -0.25) is 4.79 Å². The van der Waals surface area contributed by atoms with Gasteiger partial charge in [0.2, 0.25) is 5.88 Å². The average Bonchev–Trinajstić information content (AvgIpc) is 2.87. The molecule has 34 heavy (non-hydrogen) atoms. The van der Waals surface area contributed by atoms with Crippen molar-refractivity contribution >= 4 is 11.6 Å². The third-order valence-corrected chi connectivity index (χ3v) is 5.65. The van der Waals surface area contributed by atoms with Crippen molar-refractivity contribution in [3.8, 4) is 23.1 Å². The average molecular weight is 462 g/mol. The molecule has 4 rings (SSSR count). The van der Waals surface area contributed by atoms with Gasteiger partial charge in [-0.2, -0.15) is 0 Å². The lowest BCUT2D eigenvalue weighted by Gasteiger charge is -2.24. The number of ether oxygens (including phenoxy) is 3. The number of hydrogen-bond acceptors (Lipinski definition) is 6. The zero-order valence-electron chi connectivity index (χ0n) is 19.8. The maximum atomic E-state index is 13.2. The van der Waals surface area contributed by atoms with E-state index in [9.17, 15) is 4.79 Å². The van der Waals surface area contributed by atoms with Crippen LogP contribution in [0.3, 0.4) is 0 Å². The molecule has 0 unspecified atom stereocenters. The number of aromatic nitrogens is 1. The van der Waals surface area contributed by atoms with Gasteiger partial charge in [-0.1, -0.05) is 24.3 Å². The van der Waals surface area contributed by atoms with Gasteiger partial charge in [0, 0.05) is 44.2 Å². The van der Waals surface area contributed by atoms with E-state index in [4.69, 9.17) is 14.2 Å². The largest absolute Gasteiger partial charge is 0.490 e. The van der Waals surface area contributed by atoms with Crippen LogP contribution in [-0.4, -0.2) is 49.6 Å². The Hall–Kier alpha value is -3.74. The lowest BCUT2D eigenvalue weighted by molar-refractivity contribution is -0.134. The van der Waals surface area contributed by atoms with Crippen LogP contribution in [0.4, 0.5) is 5.69 Å². The summed E-state index contributed by atoms with van der Waals surface area (Å²) < 4.78 is 17.9. The number of benzene rings is 2. The van der Waals surface area contributed by atoms with Crippen LogP contribution >= 0.6 is 0 Å². The van der Waals surface area contributed by atoms with E-state index in [0.29, 0.717) is 42.8 Å². The van der Waals surface area contributed by atoms with E-state index < -0.39 is 0 Å². The first-order chi connectivity index (χ1) is 16.6. The van der Waals surface area contributed by atoms with Crippen LogP contribution in [0.25, 0.3) is 0 Å². The van der Waals surface area contributed by atoms with Crippen LogP contribution < -0.4 is 19.1 Å². The normalized spacial score (nSPS) is 14.1. The predicted octanol–water partition coefficient (Wildman–Crippen LogP) is 4.91. The van der Waals surface area contributed by atoms with Crippen LogP contribution in [-0.2, 0) is 11.3 Å². The number of rotatable bonds is 4. The number of pyridine rings is 1. The summed E-state index contributed by atoms with van der Waals surface area (Å²) >= 11 is 0. The molecular weight excluding hydrogens is 430 g/mol. The highest BCUT2D eigenvalue weighted by molar-refractivity contribution is 5.78. The SMILES string of the molecule is CN(C)c1cccc(OCC(=O)N2CCCCCOc3ccccc3Oc3ncccc3C2)c1. The van der Waals surface area contributed by atoms with Crippen LogP contribution in [0.1, 0.15) is 24.8 Å². The minimum atomic E-state index is -0.0726. The van der Waals surface area contributed by atoms with Crippen molar-refractivity contribution in [2.24, 2.45) is 0 Å². The van der Waals surface area contributed by atoms with E-state index in [2.05, 4.69) is 4.98 Å². The number of para-hydroxylation sites is 2. The summed E-state index contributed by atoms with van der Waals surface area (Å²) in [6, 6.07) is 19.1. The summed E-state index contributed by atoms with van der Waals surface area (Å²) in [6.45, 7) is 1.58. The molecule has 3 aromatic rings. The van der Waals surface area contributed by atoms with E-state index in [1.165, 1.54) is 0 Å². The van der Waals surface area contributed by atoms with Crippen LogP contribution in [0.15, 0.2) is 66.9 Å². The van der Waals surface area contributed by atoms with Gasteiger partial charge in [0.15, 0.2) is 18.1 Å². The minimum absolute atomic E-state index is 0.0285. The molecule has 0 atom stereocenters. The van der Waals surface area contributed by atoms with E-state index in [1.54, 1.807) is 6.20 Å². The molecule has 1 aliphatic rings. The molecular formula is C27H31N3O4. The molecule has 0 bridgehead atoms. The predicted molar refractivity (Wildman–Crippen MR) is 132 cm³/mol. The van der Waals surface area contributed by atoms with Gasteiger partial charge in [0.25, 0.3) is 5.91 Å². The van der Waals surface area contributed by atoms with Crippen molar-refractivity contribution in [1.29, 1.82) is 0 Å². The first-order valence-corrected chi connectivity index (χ1v) is 11.6. The Kier molecular flexibility index (Phi) is 7.86. The molecule has 1 aromatic heterocycles. The highest BCUT2D eigenvalue weighted by Gasteiger charge is 2.19. The summed E-state index contributed by atoms with van der Waals surface area (Å²) in [4.78, 5) is 21.4. The van der Waals surface area contributed by atoms with Gasteiger partial charge in [0.1, 0.15) is 5.75 Å². The monoisotopic (exact) mass is 461 g/mol. The van der Waals surface area contributed by atoms with Gasteiger partial charge < -0.3 is 24.0 Å². The first kappa shape index (κ1) is 23.4. The summed E-state index contributed by atoms with van der Waals surface area (Å²) in [7, 11) is 3.94. The molecule has 0 aliphatic carbocycles. The fourth-order valence-corrected chi connectivity index (χ4v) is 3.74. The molecule has 7 nitrogen and oxygen atoms in total. The zero-order chi connectivity index (χ0) is 23.8. The molecule has 2 aromatic carbocycles. The number of hydrogen-bond donors (Lipinski definition) is 0. The number of anilines is 1. The highest BCUT2D eigenvalue weighted by Crippen LogP contribution is 2.32. The van der Waals surface area contributed by atoms with Crippen LogP contribution in [0.2, 0.25) is 0 Å². The number of amides is 1. The van der Waals surface area contributed by atoms with Gasteiger partial charge in [-0.15, -0.1) is 0 Å². The Morgan fingerprint density at radius 1 is 1.03 bits per heavy atom. The molecule has 0 fully saturated rings. The second-order valence-corrected chi connectivity index (χ2v) is 8.42. The summed E-state index contributed by atoms with van der Waals surface area (Å²) in [5.74, 6) is 2.37.